The SMILES string of the molecule is Fc1ccccc1-c1ccc2c(n1)oc1c(-c3nc4cccc(F)c4n3-c3ccc4ccccc4c3)[c-]ccc12.[2H]C([2H])([2H])c1c[c-]c(-c2ccc([Si](C)(C)C)cn2)cc1.[Ir]. The van der Waals surface area contributed by atoms with Crippen molar-refractivity contribution in [3.63, 3.8) is 0 Å². The van der Waals surface area contributed by atoms with Crippen LogP contribution in [0.4, 0.5) is 8.78 Å². The molecule has 0 N–H and O–H groups in total. The summed E-state index contributed by atoms with van der Waals surface area (Å²) in [5.41, 5.74) is 5.94. The van der Waals surface area contributed by atoms with E-state index in [0.29, 0.717) is 50.5 Å². The Balaban J connectivity index is 0.000000208. The van der Waals surface area contributed by atoms with Crippen LogP contribution in [0.5, 0.6) is 0 Å². The molecule has 5 nitrogen and oxygen atoms in total. The fraction of sp³-hybridized carbons (Fsp3) is 0.0816. The van der Waals surface area contributed by atoms with Crippen LogP contribution in [0.2, 0.25) is 19.6 Å². The fourth-order valence-corrected chi connectivity index (χ4v) is 8.04. The molecular formula is C49H36F2IrN4OSi-2. The Bertz CT molecular complexity index is 3160. The van der Waals surface area contributed by atoms with Gasteiger partial charge in [-0.15, -0.1) is 53.6 Å². The molecule has 287 valence electrons. The van der Waals surface area contributed by atoms with Gasteiger partial charge in [0.2, 0.25) is 5.71 Å². The van der Waals surface area contributed by atoms with Crippen LogP contribution in [0, 0.1) is 30.6 Å². The number of hydrogen-bond acceptors (Lipinski definition) is 4. The standard InChI is InChI=1S/C34H18F2N3O.C15H18NSi.Ir/c35-27-12-4-3-9-25(27)29-18-17-24-23-10-5-11-26(32(23)40-34(24)38-29)33-37-30-14-6-13-28(36)31(30)39(33)22-16-15-20-7-1-2-8-21(20)19-22;1-12-5-7-13(8-6-12)15-10-9-14(11-16-15)17(2,3)4;/h1-10,12-19H;5-7,9-11H,1-4H3;/q2*-1;/i;1D3;. The van der Waals surface area contributed by atoms with Crippen LogP contribution >= 0.6 is 0 Å². The van der Waals surface area contributed by atoms with Gasteiger partial charge in [-0.2, -0.15) is 0 Å². The summed E-state index contributed by atoms with van der Waals surface area (Å²) in [5.74, 6) is -0.239. The summed E-state index contributed by atoms with van der Waals surface area (Å²) in [6, 6.07) is 48.1. The maximum absolute atomic E-state index is 15.4. The van der Waals surface area contributed by atoms with E-state index in [9.17, 15) is 4.39 Å². The molecule has 0 saturated carbocycles. The Morgan fingerprint density at radius 3 is 2.28 bits per heavy atom. The summed E-state index contributed by atoms with van der Waals surface area (Å²) in [7, 11) is -1.34. The molecule has 0 saturated heterocycles. The number of halogens is 2. The van der Waals surface area contributed by atoms with Crippen molar-refractivity contribution in [3.8, 4) is 39.6 Å². The predicted molar refractivity (Wildman–Crippen MR) is 229 cm³/mol. The number of fused-ring (bicyclic) bond motifs is 5. The van der Waals surface area contributed by atoms with Crippen molar-refractivity contribution in [2.75, 3.05) is 0 Å². The van der Waals surface area contributed by atoms with Gasteiger partial charge in [-0.3, -0.25) is 4.98 Å². The summed E-state index contributed by atoms with van der Waals surface area (Å²) in [5, 5.41) is 5.01. The summed E-state index contributed by atoms with van der Waals surface area (Å²) >= 11 is 0. The first kappa shape index (κ1) is 35.1. The quantitative estimate of drug-likeness (QED) is 0.127. The molecule has 10 rings (SSSR count). The van der Waals surface area contributed by atoms with Gasteiger partial charge in [0.25, 0.3) is 0 Å². The van der Waals surface area contributed by atoms with E-state index in [4.69, 9.17) is 13.5 Å². The molecule has 0 amide bonds. The second kappa shape index (κ2) is 15.7. The molecule has 4 heterocycles. The van der Waals surface area contributed by atoms with Gasteiger partial charge in [-0.25, -0.2) is 13.8 Å². The third-order valence-electron chi connectivity index (χ3n) is 10.0. The zero-order valence-electron chi connectivity index (χ0n) is 34.6. The molecule has 0 unspecified atom stereocenters. The van der Waals surface area contributed by atoms with Gasteiger partial charge in [0.05, 0.1) is 36.2 Å². The summed E-state index contributed by atoms with van der Waals surface area (Å²) in [4.78, 5) is 14.0. The van der Waals surface area contributed by atoms with E-state index in [1.807, 2.05) is 71.4 Å². The normalized spacial score (nSPS) is 12.5. The first-order valence-corrected chi connectivity index (χ1v) is 22.0. The Labute approximate surface area is 353 Å². The van der Waals surface area contributed by atoms with E-state index in [1.165, 1.54) is 23.4 Å². The van der Waals surface area contributed by atoms with E-state index >= 15 is 4.39 Å². The van der Waals surface area contributed by atoms with Crippen molar-refractivity contribution >= 4 is 57.1 Å². The number of pyridine rings is 2. The Morgan fingerprint density at radius 2 is 1.52 bits per heavy atom. The number of aromatic nitrogens is 4. The number of benzene rings is 6. The maximum atomic E-state index is 15.4. The molecule has 0 fully saturated rings. The average Bonchev–Trinajstić information content (AvgIpc) is 3.83. The molecule has 0 aliphatic heterocycles. The minimum Gasteiger partial charge on any atom is -0.486 e. The Morgan fingerprint density at radius 1 is 0.724 bits per heavy atom. The number of nitrogens with zero attached hydrogens (tertiary/aromatic N) is 4. The number of imidazole rings is 1. The smallest absolute Gasteiger partial charge is 0.216 e. The molecule has 0 bridgehead atoms. The molecule has 10 aromatic rings. The molecule has 9 heteroatoms. The van der Waals surface area contributed by atoms with Gasteiger partial charge in [0.15, 0.2) is 0 Å². The van der Waals surface area contributed by atoms with Crippen LogP contribution in [0.1, 0.15) is 9.68 Å². The number of hydrogen-bond donors (Lipinski definition) is 0. The molecule has 0 aliphatic carbocycles. The summed E-state index contributed by atoms with van der Waals surface area (Å²) in [6.07, 6.45) is 1.92. The second-order valence-corrected chi connectivity index (χ2v) is 19.9. The topological polar surface area (TPSA) is 56.7 Å². The van der Waals surface area contributed by atoms with Crippen LogP contribution in [0.3, 0.4) is 0 Å². The number of aryl methyl sites for hydroxylation is 1. The minimum atomic E-state index is -2.08. The maximum Gasteiger partial charge on any atom is 0.216 e. The van der Waals surface area contributed by atoms with Gasteiger partial charge in [-0.1, -0.05) is 98.1 Å². The van der Waals surface area contributed by atoms with Crippen molar-refractivity contribution in [1.29, 1.82) is 0 Å². The minimum absolute atomic E-state index is 0. The van der Waals surface area contributed by atoms with E-state index in [1.54, 1.807) is 54.6 Å². The van der Waals surface area contributed by atoms with E-state index in [2.05, 4.69) is 47.8 Å². The van der Waals surface area contributed by atoms with Gasteiger partial charge >= 0.3 is 0 Å². The summed E-state index contributed by atoms with van der Waals surface area (Å²) in [6.45, 7) is 4.76. The molecular weight excluding hydrogens is 919 g/mol. The first-order valence-electron chi connectivity index (χ1n) is 20.0. The van der Waals surface area contributed by atoms with Crippen LogP contribution in [-0.2, 0) is 20.1 Å². The average molecular weight is 958 g/mol. The van der Waals surface area contributed by atoms with Crippen molar-refractivity contribution in [3.05, 3.63) is 175 Å². The molecule has 1 radical (unpaired) electrons. The second-order valence-electron chi connectivity index (χ2n) is 14.8. The van der Waals surface area contributed by atoms with Crippen LogP contribution in [0.25, 0.3) is 83.5 Å². The number of rotatable bonds is 5. The molecule has 6 aromatic carbocycles. The predicted octanol–water partition coefficient (Wildman–Crippen LogP) is 12.3. The van der Waals surface area contributed by atoms with Crippen LogP contribution in [0.15, 0.2) is 150 Å². The van der Waals surface area contributed by atoms with Gasteiger partial charge < -0.3 is 14.0 Å². The van der Waals surface area contributed by atoms with E-state index in [0.717, 1.165) is 38.5 Å². The Hall–Kier alpha value is -6.12. The molecule has 0 atom stereocenters. The van der Waals surface area contributed by atoms with Crippen molar-refractivity contribution in [1.82, 2.24) is 19.5 Å². The third-order valence-corrected chi connectivity index (χ3v) is 12.0. The monoisotopic (exact) mass is 958 g/mol. The number of para-hydroxylation sites is 1. The van der Waals surface area contributed by atoms with E-state index in [-0.39, 0.29) is 31.7 Å². The molecule has 4 aromatic heterocycles. The first-order chi connectivity index (χ1) is 28.8. The van der Waals surface area contributed by atoms with Gasteiger partial charge in [0, 0.05) is 47.1 Å². The third kappa shape index (κ3) is 7.29. The number of furan rings is 1. The molecule has 0 aliphatic rings. The molecule has 0 spiro atoms. The zero-order valence-corrected chi connectivity index (χ0v) is 35.0. The van der Waals surface area contributed by atoms with Crippen molar-refractivity contribution in [2.45, 2.75) is 26.5 Å². The van der Waals surface area contributed by atoms with Crippen molar-refractivity contribution < 1.29 is 37.4 Å². The van der Waals surface area contributed by atoms with Gasteiger partial charge in [-0.05, 0) is 70.2 Å². The van der Waals surface area contributed by atoms with Crippen LogP contribution in [-0.4, -0.2) is 27.6 Å². The largest absolute Gasteiger partial charge is 0.486 e. The summed E-state index contributed by atoms with van der Waals surface area (Å²) < 4.78 is 60.0. The Kier molecular flexibility index (Phi) is 9.47. The van der Waals surface area contributed by atoms with E-state index < -0.39 is 14.9 Å². The van der Waals surface area contributed by atoms with Crippen LogP contribution < -0.4 is 5.19 Å². The van der Waals surface area contributed by atoms with Crippen molar-refractivity contribution in [2.24, 2.45) is 0 Å². The van der Waals surface area contributed by atoms with Gasteiger partial charge in [0.1, 0.15) is 11.6 Å². The zero-order chi connectivity index (χ0) is 41.8. The molecule has 58 heavy (non-hydrogen) atoms. The fourth-order valence-electron chi connectivity index (χ4n) is 7.01.